The van der Waals surface area contributed by atoms with E-state index in [1.807, 2.05) is 4.90 Å². The van der Waals surface area contributed by atoms with Gasteiger partial charge in [-0.2, -0.15) is 0 Å². The second kappa shape index (κ2) is 4.39. The summed E-state index contributed by atoms with van der Waals surface area (Å²) in [6.07, 6.45) is 2.65. The van der Waals surface area contributed by atoms with E-state index in [1.165, 1.54) is 0 Å². The molecule has 0 aliphatic carbocycles. The summed E-state index contributed by atoms with van der Waals surface area (Å²) >= 11 is 0. The summed E-state index contributed by atoms with van der Waals surface area (Å²) in [5, 5.41) is 9.38. The first-order chi connectivity index (χ1) is 7.16. The highest BCUT2D eigenvalue weighted by molar-refractivity contribution is 5.74. The number of likely N-dealkylation sites (tertiary alicyclic amines) is 2. The molecule has 0 aromatic carbocycles. The Balaban J connectivity index is 1.85. The summed E-state index contributed by atoms with van der Waals surface area (Å²) < 4.78 is 0. The van der Waals surface area contributed by atoms with Crippen LogP contribution in [0.4, 0.5) is 4.79 Å². The van der Waals surface area contributed by atoms with Gasteiger partial charge in [-0.05, 0) is 25.2 Å². The highest BCUT2D eigenvalue weighted by Crippen LogP contribution is 2.19. The number of carbonyl (C=O) groups is 1. The van der Waals surface area contributed by atoms with E-state index in [9.17, 15) is 9.90 Å². The second-order valence-electron chi connectivity index (χ2n) is 4.84. The number of piperidine rings is 1. The van der Waals surface area contributed by atoms with Gasteiger partial charge in [0.2, 0.25) is 0 Å². The lowest BCUT2D eigenvalue weighted by atomic mass is 10.00. The lowest BCUT2D eigenvalue weighted by Gasteiger charge is -2.33. The molecule has 0 radical (unpaired) electrons. The van der Waals surface area contributed by atoms with Crippen molar-refractivity contribution < 1.29 is 9.90 Å². The molecule has 0 aromatic rings. The van der Waals surface area contributed by atoms with Crippen LogP contribution in [0.3, 0.4) is 0 Å². The molecule has 2 aliphatic heterocycles. The monoisotopic (exact) mass is 212 g/mol. The van der Waals surface area contributed by atoms with Crippen molar-refractivity contribution in [3.8, 4) is 0 Å². The molecule has 2 fully saturated rings. The average Bonchev–Trinajstić information content (AvgIpc) is 2.65. The number of aliphatic hydroxyl groups excluding tert-OH is 1. The molecule has 2 heterocycles. The van der Waals surface area contributed by atoms with Gasteiger partial charge in [0.1, 0.15) is 0 Å². The lowest BCUT2D eigenvalue weighted by molar-refractivity contribution is 0.132. The first-order valence-electron chi connectivity index (χ1n) is 5.88. The molecular weight excluding hydrogens is 192 g/mol. The Hall–Kier alpha value is -0.770. The average molecular weight is 212 g/mol. The van der Waals surface area contributed by atoms with Crippen molar-refractivity contribution >= 4 is 6.03 Å². The number of carbonyl (C=O) groups excluding carboxylic acids is 1. The Kier molecular flexibility index (Phi) is 3.14. The number of β-amino-alcohol motifs (C(OH)–C–C–N with tert-alkyl or cyclic N) is 1. The van der Waals surface area contributed by atoms with Crippen LogP contribution in [-0.4, -0.2) is 53.2 Å². The van der Waals surface area contributed by atoms with Crippen LogP contribution in [-0.2, 0) is 0 Å². The van der Waals surface area contributed by atoms with Crippen LogP contribution in [0.1, 0.15) is 26.2 Å². The fourth-order valence-corrected chi connectivity index (χ4v) is 2.32. The first-order valence-corrected chi connectivity index (χ1v) is 5.88. The zero-order chi connectivity index (χ0) is 10.8. The molecule has 2 rings (SSSR count). The molecule has 86 valence electrons. The maximum absolute atomic E-state index is 12.0. The van der Waals surface area contributed by atoms with Crippen molar-refractivity contribution in [1.29, 1.82) is 0 Å². The number of nitrogens with zero attached hydrogens (tertiary/aromatic N) is 2. The summed E-state index contributed by atoms with van der Waals surface area (Å²) in [5.74, 6) is 0.748. The van der Waals surface area contributed by atoms with Crippen molar-refractivity contribution in [3.63, 3.8) is 0 Å². The number of amides is 2. The number of aliphatic hydroxyl groups is 1. The molecule has 15 heavy (non-hydrogen) atoms. The second-order valence-corrected chi connectivity index (χ2v) is 4.84. The molecule has 0 aromatic heterocycles. The third kappa shape index (κ3) is 2.43. The molecule has 2 aliphatic rings. The number of rotatable bonds is 0. The van der Waals surface area contributed by atoms with Gasteiger partial charge in [-0.15, -0.1) is 0 Å². The standard InChI is InChI=1S/C11H20N2O2/c1-9-2-5-12(6-3-9)11(15)13-7-4-10(14)8-13/h9-10,14H,2-8H2,1H3. The van der Waals surface area contributed by atoms with E-state index >= 15 is 0 Å². The summed E-state index contributed by atoms with van der Waals surface area (Å²) in [5.41, 5.74) is 0. The Bertz CT molecular complexity index is 237. The maximum atomic E-state index is 12.0. The predicted octanol–water partition coefficient (Wildman–Crippen LogP) is 0.905. The lowest BCUT2D eigenvalue weighted by Crippen LogP contribution is -2.45. The van der Waals surface area contributed by atoms with E-state index in [-0.39, 0.29) is 12.1 Å². The van der Waals surface area contributed by atoms with Gasteiger partial charge in [-0.1, -0.05) is 6.92 Å². The van der Waals surface area contributed by atoms with Crippen LogP contribution in [0.2, 0.25) is 0 Å². The van der Waals surface area contributed by atoms with Crippen LogP contribution in [0, 0.1) is 5.92 Å². The minimum atomic E-state index is -0.308. The Morgan fingerprint density at radius 1 is 1.13 bits per heavy atom. The van der Waals surface area contributed by atoms with E-state index in [0.29, 0.717) is 13.1 Å². The number of hydrogen-bond donors (Lipinski definition) is 1. The number of urea groups is 1. The van der Waals surface area contributed by atoms with Crippen molar-refractivity contribution in [2.45, 2.75) is 32.3 Å². The van der Waals surface area contributed by atoms with Crippen LogP contribution in [0.25, 0.3) is 0 Å². The normalized spacial score (nSPS) is 28.5. The van der Waals surface area contributed by atoms with Gasteiger partial charge in [0.05, 0.1) is 6.10 Å². The molecule has 1 atom stereocenters. The Morgan fingerprint density at radius 3 is 2.27 bits per heavy atom. The van der Waals surface area contributed by atoms with Crippen molar-refractivity contribution in [1.82, 2.24) is 9.80 Å². The zero-order valence-corrected chi connectivity index (χ0v) is 9.35. The third-order valence-corrected chi connectivity index (χ3v) is 3.49. The minimum absolute atomic E-state index is 0.124. The molecule has 0 bridgehead atoms. The molecule has 1 N–H and O–H groups in total. The van der Waals surface area contributed by atoms with Crippen molar-refractivity contribution in [2.75, 3.05) is 26.2 Å². The largest absolute Gasteiger partial charge is 0.391 e. The highest BCUT2D eigenvalue weighted by Gasteiger charge is 2.29. The van der Waals surface area contributed by atoms with Crippen LogP contribution < -0.4 is 0 Å². The molecule has 4 nitrogen and oxygen atoms in total. The van der Waals surface area contributed by atoms with Crippen LogP contribution >= 0.6 is 0 Å². The van der Waals surface area contributed by atoms with Gasteiger partial charge in [-0.25, -0.2) is 4.79 Å². The molecular formula is C11H20N2O2. The van der Waals surface area contributed by atoms with E-state index < -0.39 is 0 Å². The fourth-order valence-electron chi connectivity index (χ4n) is 2.32. The third-order valence-electron chi connectivity index (χ3n) is 3.49. The Morgan fingerprint density at radius 2 is 1.73 bits per heavy atom. The SMILES string of the molecule is CC1CCN(C(=O)N2CCC(O)C2)CC1. The van der Waals surface area contributed by atoms with E-state index in [2.05, 4.69) is 6.92 Å². The molecule has 2 saturated heterocycles. The smallest absolute Gasteiger partial charge is 0.320 e. The molecule has 0 saturated carbocycles. The van der Waals surface area contributed by atoms with Gasteiger partial charge in [0.15, 0.2) is 0 Å². The maximum Gasteiger partial charge on any atom is 0.320 e. The minimum Gasteiger partial charge on any atom is -0.391 e. The molecule has 1 unspecified atom stereocenters. The number of hydrogen-bond acceptors (Lipinski definition) is 2. The van der Waals surface area contributed by atoms with Crippen molar-refractivity contribution in [2.24, 2.45) is 5.92 Å². The van der Waals surface area contributed by atoms with Gasteiger partial charge >= 0.3 is 6.03 Å². The first kappa shape index (κ1) is 10.7. The van der Waals surface area contributed by atoms with Gasteiger partial charge in [0, 0.05) is 26.2 Å². The molecule has 0 spiro atoms. The summed E-state index contributed by atoms with van der Waals surface area (Å²) in [6.45, 7) is 5.23. The van der Waals surface area contributed by atoms with Crippen molar-refractivity contribution in [3.05, 3.63) is 0 Å². The Labute approximate surface area is 90.9 Å². The summed E-state index contributed by atoms with van der Waals surface area (Å²) in [4.78, 5) is 15.7. The van der Waals surface area contributed by atoms with Crippen LogP contribution in [0.15, 0.2) is 0 Å². The van der Waals surface area contributed by atoms with Gasteiger partial charge < -0.3 is 14.9 Å². The summed E-state index contributed by atoms with van der Waals surface area (Å²) in [7, 11) is 0. The highest BCUT2D eigenvalue weighted by atomic mass is 16.3. The zero-order valence-electron chi connectivity index (χ0n) is 9.35. The van der Waals surface area contributed by atoms with Gasteiger partial charge in [0.25, 0.3) is 0 Å². The van der Waals surface area contributed by atoms with E-state index in [1.54, 1.807) is 4.90 Å². The van der Waals surface area contributed by atoms with Gasteiger partial charge in [-0.3, -0.25) is 0 Å². The topological polar surface area (TPSA) is 43.8 Å². The van der Waals surface area contributed by atoms with E-state index in [4.69, 9.17) is 0 Å². The van der Waals surface area contributed by atoms with Crippen LogP contribution in [0.5, 0.6) is 0 Å². The predicted molar refractivity (Wildman–Crippen MR) is 57.6 cm³/mol. The molecule has 2 amide bonds. The molecule has 4 heteroatoms. The van der Waals surface area contributed by atoms with E-state index in [0.717, 1.165) is 38.3 Å². The fraction of sp³-hybridized carbons (Fsp3) is 0.909. The quantitative estimate of drug-likeness (QED) is 0.648. The summed E-state index contributed by atoms with van der Waals surface area (Å²) in [6, 6.07) is 0.124.